The standard InChI is InChI=1S/C9H12Cl3NO/c1-2-8(5-3-4-6-8)14-7(13)9(10,11)12/h2,13H,1,3-6H2. The largest absolute Gasteiger partial charge is 0.467 e. The van der Waals surface area contributed by atoms with E-state index in [0.717, 1.165) is 25.7 Å². The molecular weight excluding hydrogens is 244 g/mol. The second kappa shape index (κ2) is 4.30. The van der Waals surface area contributed by atoms with Crippen LogP contribution in [0.15, 0.2) is 12.7 Å². The van der Waals surface area contributed by atoms with E-state index in [-0.39, 0.29) is 5.90 Å². The lowest BCUT2D eigenvalue weighted by molar-refractivity contribution is 0.110. The van der Waals surface area contributed by atoms with Crippen LogP contribution in [-0.2, 0) is 4.74 Å². The highest BCUT2D eigenvalue weighted by Crippen LogP contribution is 2.37. The number of ether oxygens (including phenoxy) is 1. The third-order valence-electron chi connectivity index (χ3n) is 2.38. The fraction of sp³-hybridized carbons (Fsp3) is 0.667. The Morgan fingerprint density at radius 1 is 1.36 bits per heavy atom. The maximum atomic E-state index is 7.47. The molecule has 0 radical (unpaired) electrons. The fourth-order valence-corrected chi connectivity index (χ4v) is 1.70. The first-order chi connectivity index (χ1) is 6.40. The lowest BCUT2D eigenvalue weighted by atomic mass is 10.0. The zero-order chi connectivity index (χ0) is 10.8. The minimum atomic E-state index is -1.78. The van der Waals surface area contributed by atoms with Crippen molar-refractivity contribution in [3.05, 3.63) is 12.7 Å². The van der Waals surface area contributed by atoms with Gasteiger partial charge in [-0.2, -0.15) is 0 Å². The zero-order valence-electron chi connectivity index (χ0n) is 7.66. The molecule has 1 aliphatic carbocycles. The topological polar surface area (TPSA) is 33.1 Å². The normalized spacial score (nSPS) is 20.5. The van der Waals surface area contributed by atoms with E-state index in [2.05, 4.69) is 6.58 Å². The quantitative estimate of drug-likeness (QED) is 0.346. The van der Waals surface area contributed by atoms with Crippen LogP contribution in [0.3, 0.4) is 0 Å². The van der Waals surface area contributed by atoms with E-state index in [1.165, 1.54) is 0 Å². The molecule has 0 spiro atoms. The van der Waals surface area contributed by atoms with Crippen LogP contribution in [0, 0.1) is 5.41 Å². The molecule has 80 valence electrons. The van der Waals surface area contributed by atoms with Gasteiger partial charge in [-0.15, -0.1) is 0 Å². The van der Waals surface area contributed by atoms with Gasteiger partial charge in [0, 0.05) is 0 Å². The van der Waals surface area contributed by atoms with Gasteiger partial charge in [0.05, 0.1) is 0 Å². The lowest BCUT2D eigenvalue weighted by Gasteiger charge is -2.28. The van der Waals surface area contributed by atoms with E-state index in [4.69, 9.17) is 44.9 Å². The highest BCUT2D eigenvalue weighted by Gasteiger charge is 2.39. The van der Waals surface area contributed by atoms with Gasteiger partial charge in [0.15, 0.2) is 0 Å². The Morgan fingerprint density at radius 2 is 1.86 bits per heavy atom. The highest BCUT2D eigenvalue weighted by atomic mass is 35.6. The van der Waals surface area contributed by atoms with E-state index in [1.807, 2.05) is 0 Å². The summed E-state index contributed by atoms with van der Waals surface area (Å²) in [5, 5.41) is 7.47. The molecule has 1 fully saturated rings. The Balaban J connectivity index is 2.66. The molecule has 1 rings (SSSR count). The maximum absolute atomic E-state index is 7.47. The molecule has 0 atom stereocenters. The van der Waals surface area contributed by atoms with E-state index in [9.17, 15) is 0 Å². The Kier molecular flexibility index (Phi) is 3.73. The summed E-state index contributed by atoms with van der Waals surface area (Å²) in [6.45, 7) is 3.70. The minimum Gasteiger partial charge on any atom is -0.467 e. The predicted molar refractivity (Wildman–Crippen MR) is 60.5 cm³/mol. The predicted octanol–water partition coefficient (Wildman–Crippen LogP) is 3.85. The molecule has 2 nitrogen and oxygen atoms in total. The van der Waals surface area contributed by atoms with Crippen molar-refractivity contribution in [1.29, 1.82) is 5.41 Å². The first-order valence-corrected chi connectivity index (χ1v) is 5.51. The Bertz CT molecular complexity index is 241. The lowest BCUT2D eigenvalue weighted by Crippen LogP contribution is -2.34. The van der Waals surface area contributed by atoms with Gasteiger partial charge in [0.2, 0.25) is 5.90 Å². The van der Waals surface area contributed by atoms with Gasteiger partial charge in [0.25, 0.3) is 3.79 Å². The van der Waals surface area contributed by atoms with Gasteiger partial charge in [0.1, 0.15) is 5.60 Å². The van der Waals surface area contributed by atoms with Gasteiger partial charge in [-0.05, 0) is 31.8 Å². The van der Waals surface area contributed by atoms with Crippen molar-refractivity contribution in [2.75, 3.05) is 0 Å². The summed E-state index contributed by atoms with van der Waals surface area (Å²) < 4.78 is 3.60. The molecule has 0 aromatic carbocycles. The summed E-state index contributed by atoms with van der Waals surface area (Å²) in [6, 6.07) is 0. The van der Waals surface area contributed by atoms with Gasteiger partial charge >= 0.3 is 0 Å². The molecular formula is C9H12Cl3NO. The summed E-state index contributed by atoms with van der Waals surface area (Å²) >= 11 is 16.6. The number of hydrogen-bond donors (Lipinski definition) is 1. The van der Waals surface area contributed by atoms with Crippen LogP contribution >= 0.6 is 34.8 Å². The average molecular weight is 257 g/mol. The first-order valence-electron chi connectivity index (χ1n) is 4.38. The van der Waals surface area contributed by atoms with Crippen LogP contribution in [-0.4, -0.2) is 15.3 Å². The van der Waals surface area contributed by atoms with Crippen molar-refractivity contribution in [2.45, 2.75) is 35.1 Å². The molecule has 0 heterocycles. The van der Waals surface area contributed by atoms with Crippen LogP contribution in [0.2, 0.25) is 0 Å². The minimum absolute atomic E-state index is 0.329. The Morgan fingerprint density at radius 3 is 2.21 bits per heavy atom. The number of nitrogens with one attached hydrogen (secondary N) is 1. The summed E-state index contributed by atoms with van der Waals surface area (Å²) in [6.07, 6.45) is 5.47. The highest BCUT2D eigenvalue weighted by molar-refractivity contribution is 6.76. The van der Waals surface area contributed by atoms with Crippen molar-refractivity contribution in [1.82, 2.24) is 0 Å². The molecule has 1 saturated carbocycles. The molecule has 14 heavy (non-hydrogen) atoms. The number of rotatable bonds is 2. The van der Waals surface area contributed by atoms with E-state index in [0.29, 0.717) is 0 Å². The van der Waals surface area contributed by atoms with Gasteiger partial charge in [-0.3, -0.25) is 5.41 Å². The molecule has 0 bridgehead atoms. The summed E-state index contributed by atoms with van der Waals surface area (Å²) in [7, 11) is 0. The second-order valence-corrected chi connectivity index (χ2v) is 5.69. The molecule has 1 aliphatic rings. The molecule has 0 aromatic heterocycles. The Labute approximate surface area is 98.7 Å². The molecule has 0 amide bonds. The van der Waals surface area contributed by atoms with Crippen LogP contribution in [0.1, 0.15) is 25.7 Å². The molecule has 5 heteroatoms. The van der Waals surface area contributed by atoms with Gasteiger partial charge in [-0.1, -0.05) is 41.4 Å². The summed E-state index contributed by atoms with van der Waals surface area (Å²) in [5.74, 6) is -0.329. The van der Waals surface area contributed by atoms with Gasteiger partial charge < -0.3 is 4.74 Å². The SMILES string of the molecule is C=CC1(OC(=N)C(Cl)(Cl)Cl)CCCC1. The molecule has 0 aliphatic heterocycles. The monoisotopic (exact) mass is 255 g/mol. The van der Waals surface area contributed by atoms with Crippen LogP contribution in [0.5, 0.6) is 0 Å². The summed E-state index contributed by atoms with van der Waals surface area (Å²) in [4.78, 5) is 0. The van der Waals surface area contributed by atoms with E-state index in [1.54, 1.807) is 6.08 Å². The van der Waals surface area contributed by atoms with Crippen molar-refractivity contribution in [2.24, 2.45) is 0 Å². The molecule has 1 N–H and O–H groups in total. The summed E-state index contributed by atoms with van der Waals surface area (Å²) in [5.41, 5.74) is -0.499. The average Bonchev–Trinajstić information content (AvgIpc) is 2.52. The Hall–Kier alpha value is 0.0800. The van der Waals surface area contributed by atoms with Crippen molar-refractivity contribution in [3.8, 4) is 0 Å². The third kappa shape index (κ3) is 2.78. The number of hydrogen-bond acceptors (Lipinski definition) is 2. The van der Waals surface area contributed by atoms with Crippen LogP contribution < -0.4 is 0 Å². The first kappa shape index (κ1) is 12.2. The third-order valence-corrected chi connectivity index (χ3v) is 2.90. The van der Waals surface area contributed by atoms with E-state index < -0.39 is 9.39 Å². The number of halogens is 3. The molecule has 0 saturated heterocycles. The molecule has 0 unspecified atom stereocenters. The molecule has 0 aromatic rings. The van der Waals surface area contributed by atoms with Crippen molar-refractivity contribution >= 4 is 40.7 Å². The smallest absolute Gasteiger partial charge is 0.265 e. The van der Waals surface area contributed by atoms with Crippen LogP contribution in [0.4, 0.5) is 0 Å². The van der Waals surface area contributed by atoms with Crippen molar-refractivity contribution < 1.29 is 4.74 Å². The second-order valence-electron chi connectivity index (χ2n) is 3.40. The van der Waals surface area contributed by atoms with Crippen LogP contribution in [0.25, 0.3) is 0 Å². The fourth-order valence-electron chi connectivity index (χ4n) is 1.58. The van der Waals surface area contributed by atoms with E-state index >= 15 is 0 Å². The maximum Gasteiger partial charge on any atom is 0.265 e. The zero-order valence-corrected chi connectivity index (χ0v) is 9.92. The number of alkyl halides is 3. The van der Waals surface area contributed by atoms with Gasteiger partial charge in [-0.25, -0.2) is 0 Å². The van der Waals surface area contributed by atoms with Crippen molar-refractivity contribution in [3.63, 3.8) is 0 Å².